The first-order valence-corrected chi connectivity index (χ1v) is 7.10. The Hall–Kier alpha value is -1.07. The molecule has 0 unspecified atom stereocenters. The molecule has 1 rings (SSSR count). The summed E-state index contributed by atoms with van der Waals surface area (Å²) < 4.78 is 0.656. The van der Waals surface area contributed by atoms with E-state index in [1.165, 1.54) is 4.90 Å². The maximum absolute atomic E-state index is 12.2. The SMILES string of the molecule is CCCNC(=O)CN(C)C(=O)c1cccc(Br)c1Cl. The molecule has 2 amide bonds. The van der Waals surface area contributed by atoms with Crippen LogP contribution >= 0.6 is 27.5 Å². The number of hydrogen-bond donors (Lipinski definition) is 1. The van der Waals surface area contributed by atoms with Crippen molar-refractivity contribution >= 4 is 39.3 Å². The van der Waals surface area contributed by atoms with Crippen molar-refractivity contribution in [3.63, 3.8) is 0 Å². The summed E-state index contributed by atoms with van der Waals surface area (Å²) in [4.78, 5) is 25.1. The van der Waals surface area contributed by atoms with Crippen molar-refractivity contribution in [1.29, 1.82) is 0 Å². The van der Waals surface area contributed by atoms with Crippen LogP contribution in [0.15, 0.2) is 22.7 Å². The summed E-state index contributed by atoms with van der Waals surface area (Å²) in [6, 6.07) is 5.12. The minimum Gasteiger partial charge on any atom is -0.355 e. The Morgan fingerprint density at radius 2 is 2.11 bits per heavy atom. The van der Waals surface area contributed by atoms with Crippen LogP contribution in [0.25, 0.3) is 0 Å². The number of carbonyl (C=O) groups is 2. The largest absolute Gasteiger partial charge is 0.355 e. The molecule has 1 N–H and O–H groups in total. The van der Waals surface area contributed by atoms with E-state index in [0.29, 0.717) is 21.6 Å². The van der Waals surface area contributed by atoms with Crippen LogP contribution in [0.5, 0.6) is 0 Å². The fraction of sp³-hybridized carbons (Fsp3) is 0.385. The number of amides is 2. The summed E-state index contributed by atoms with van der Waals surface area (Å²) >= 11 is 9.32. The zero-order valence-corrected chi connectivity index (χ0v) is 13.2. The summed E-state index contributed by atoms with van der Waals surface area (Å²) in [5, 5.41) is 3.08. The number of benzene rings is 1. The molecule has 0 radical (unpaired) electrons. The summed E-state index contributed by atoms with van der Waals surface area (Å²) in [6.45, 7) is 2.59. The van der Waals surface area contributed by atoms with E-state index in [4.69, 9.17) is 11.6 Å². The second kappa shape index (κ2) is 7.50. The van der Waals surface area contributed by atoms with Crippen LogP contribution in [-0.4, -0.2) is 36.9 Å². The second-order valence-corrected chi connectivity index (χ2v) is 5.34. The molecule has 4 nitrogen and oxygen atoms in total. The number of nitrogens with zero attached hydrogens (tertiary/aromatic N) is 1. The molecule has 0 spiro atoms. The highest BCUT2D eigenvalue weighted by atomic mass is 79.9. The minimum absolute atomic E-state index is 0.0156. The van der Waals surface area contributed by atoms with Crippen molar-refractivity contribution < 1.29 is 9.59 Å². The van der Waals surface area contributed by atoms with Crippen LogP contribution in [0.2, 0.25) is 5.02 Å². The summed E-state index contributed by atoms with van der Waals surface area (Å²) in [5.41, 5.74) is 0.377. The molecule has 0 aromatic heterocycles. The highest BCUT2D eigenvalue weighted by Crippen LogP contribution is 2.26. The van der Waals surface area contributed by atoms with Crippen molar-refractivity contribution in [2.75, 3.05) is 20.1 Å². The maximum atomic E-state index is 12.2. The molecule has 0 saturated carbocycles. The Morgan fingerprint density at radius 3 is 2.74 bits per heavy atom. The summed E-state index contributed by atoms with van der Waals surface area (Å²) in [5.74, 6) is -0.457. The van der Waals surface area contributed by atoms with E-state index in [9.17, 15) is 9.59 Å². The van der Waals surface area contributed by atoms with E-state index >= 15 is 0 Å². The minimum atomic E-state index is -0.280. The number of likely N-dealkylation sites (N-methyl/N-ethyl adjacent to an activating group) is 1. The first-order valence-electron chi connectivity index (χ1n) is 5.93. The van der Waals surface area contributed by atoms with Crippen molar-refractivity contribution in [3.05, 3.63) is 33.3 Å². The molecule has 19 heavy (non-hydrogen) atoms. The third-order valence-electron chi connectivity index (χ3n) is 2.48. The van der Waals surface area contributed by atoms with Gasteiger partial charge in [-0.2, -0.15) is 0 Å². The van der Waals surface area contributed by atoms with Crippen LogP contribution in [-0.2, 0) is 4.79 Å². The fourth-order valence-electron chi connectivity index (χ4n) is 1.48. The smallest absolute Gasteiger partial charge is 0.255 e. The monoisotopic (exact) mass is 346 g/mol. The van der Waals surface area contributed by atoms with Gasteiger partial charge in [-0.05, 0) is 34.5 Å². The predicted octanol–water partition coefficient (Wildman–Crippen LogP) is 2.70. The maximum Gasteiger partial charge on any atom is 0.255 e. The van der Waals surface area contributed by atoms with E-state index in [-0.39, 0.29) is 18.4 Å². The molecule has 1 aromatic carbocycles. The number of carbonyl (C=O) groups excluding carboxylic acids is 2. The van der Waals surface area contributed by atoms with Gasteiger partial charge in [-0.3, -0.25) is 9.59 Å². The van der Waals surface area contributed by atoms with Crippen molar-refractivity contribution in [2.24, 2.45) is 0 Å². The van der Waals surface area contributed by atoms with Gasteiger partial charge in [0.1, 0.15) is 0 Å². The van der Waals surface area contributed by atoms with Gasteiger partial charge >= 0.3 is 0 Å². The third kappa shape index (κ3) is 4.51. The van der Waals surface area contributed by atoms with Gasteiger partial charge < -0.3 is 10.2 Å². The zero-order valence-electron chi connectivity index (χ0n) is 10.9. The highest BCUT2D eigenvalue weighted by Gasteiger charge is 2.18. The molecule has 0 aliphatic heterocycles. The van der Waals surface area contributed by atoms with Crippen LogP contribution in [0, 0.1) is 0 Å². The van der Waals surface area contributed by atoms with E-state index in [1.807, 2.05) is 6.92 Å². The Morgan fingerprint density at radius 1 is 1.42 bits per heavy atom. The first-order chi connectivity index (χ1) is 8.97. The van der Waals surface area contributed by atoms with E-state index in [2.05, 4.69) is 21.2 Å². The van der Waals surface area contributed by atoms with Gasteiger partial charge in [0.2, 0.25) is 5.91 Å². The topological polar surface area (TPSA) is 49.4 Å². The lowest BCUT2D eigenvalue weighted by Gasteiger charge is -2.17. The quantitative estimate of drug-likeness (QED) is 0.890. The molecular formula is C13H16BrClN2O2. The Bertz CT molecular complexity index is 480. The molecule has 6 heteroatoms. The van der Waals surface area contributed by atoms with Crippen LogP contribution < -0.4 is 5.32 Å². The molecule has 0 aliphatic rings. The molecule has 1 aromatic rings. The van der Waals surface area contributed by atoms with Gasteiger partial charge in [-0.1, -0.05) is 24.6 Å². The zero-order chi connectivity index (χ0) is 14.4. The molecule has 0 atom stereocenters. The van der Waals surface area contributed by atoms with Crippen LogP contribution in [0.3, 0.4) is 0 Å². The molecule has 104 valence electrons. The van der Waals surface area contributed by atoms with Crippen molar-refractivity contribution in [2.45, 2.75) is 13.3 Å². The average Bonchev–Trinajstić information content (AvgIpc) is 2.38. The lowest BCUT2D eigenvalue weighted by Crippen LogP contribution is -2.38. The Labute approximate surface area is 126 Å². The predicted molar refractivity (Wildman–Crippen MR) is 79.4 cm³/mol. The van der Waals surface area contributed by atoms with Crippen molar-refractivity contribution in [1.82, 2.24) is 10.2 Å². The van der Waals surface area contributed by atoms with E-state index in [1.54, 1.807) is 25.2 Å². The third-order valence-corrected chi connectivity index (χ3v) is 3.78. The van der Waals surface area contributed by atoms with Gasteiger partial charge in [-0.15, -0.1) is 0 Å². The normalized spacial score (nSPS) is 10.1. The van der Waals surface area contributed by atoms with Crippen LogP contribution in [0.4, 0.5) is 0 Å². The highest BCUT2D eigenvalue weighted by molar-refractivity contribution is 9.10. The Kier molecular flexibility index (Phi) is 6.31. The standard InChI is InChI=1S/C13H16BrClN2O2/c1-3-7-16-11(18)8-17(2)13(19)9-5-4-6-10(14)12(9)15/h4-6H,3,7-8H2,1-2H3,(H,16,18). The fourth-order valence-corrected chi connectivity index (χ4v) is 2.06. The van der Waals surface area contributed by atoms with Gasteiger partial charge in [0.15, 0.2) is 0 Å². The molecule has 0 aliphatic carbocycles. The summed E-state index contributed by atoms with van der Waals surface area (Å²) in [6.07, 6.45) is 0.862. The summed E-state index contributed by atoms with van der Waals surface area (Å²) in [7, 11) is 1.57. The van der Waals surface area contributed by atoms with Crippen molar-refractivity contribution in [3.8, 4) is 0 Å². The van der Waals surface area contributed by atoms with E-state index in [0.717, 1.165) is 6.42 Å². The lowest BCUT2D eigenvalue weighted by atomic mass is 10.2. The molecule has 0 saturated heterocycles. The lowest BCUT2D eigenvalue weighted by molar-refractivity contribution is -0.121. The second-order valence-electron chi connectivity index (χ2n) is 4.11. The average molecular weight is 348 g/mol. The molecule has 0 heterocycles. The molecule has 0 bridgehead atoms. The number of rotatable bonds is 5. The number of nitrogens with one attached hydrogen (secondary N) is 1. The van der Waals surface area contributed by atoms with E-state index < -0.39 is 0 Å². The van der Waals surface area contributed by atoms with Gasteiger partial charge in [0.25, 0.3) is 5.91 Å². The molecule has 0 fully saturated rings. The van der Waals surface area contributed by atoms with Crippen LogP contribution in [0.1, 0.15) is 23.7 Å². The molecular weight excluding hydrogens is 332 g/mol. The number of hydrogen-bond acceptors (Lipinski definition) is 2. The first kappa shape index (κ1) is 16.0. The number of halogens is 2. The Balaban J connectivity index is 2.72. The van der Waals surface area contributed by atoms with Gasteiger partial charge in [0.05, 0.1) is 17.1 Å². The van der Waals surface area contributed by atoms with Gasteiger partial charge in [-0.25, -0.2) is 0 Å². The van der Waals surface area contributed by atoms with Gasteiger partial charge in [0, 0.05) is 18.1 Å².